The minimum atomic E-state index is -4.43. The van der Waals surface area contributed by atoms with Crippen LogP contribution in [0, 0.1) is 5.92 Å². The Morgan fingerprint density at radius 3 is 2.45 bits per heavy atom. The smallest absolute Gasteiger partial charge is 0.329 e. The predicted molar refractivity (Wildman–Crippen MR) is 75.9 cm³/mol. The van der Waals surface area contributed by atoms with Crippen LogP contribution in [0.2, 0.25) is 5.02 Å². The van der Waals surface area contributed by atoms with Crippen LogP contribution in [-0.4, -0.2) is 30.1 Å². The van der Waals surface area contributed by atoms with Crippen LogP contribution < -0.4 is 0 Å². The summed E-state index contributed by atoms with van der Waals surface area (Å²) in [5, 5.41) is 0.402. The van der Waals surface area contributed by atoms with Crippen molar-refractivity contribution in [2.45, 2.75) is 20.0 Å². The van der Waals surface area contributed by atoms with Crippen LogP contribution in [0.3, 0.4) is 0 Å². The average molecular weight is 373 g/mol. The molecule has 112 valence electrons. The molecule has 1 rings (SSSR count). The van der Waals surface area contributed by atoms with E-state index in [1.807, 2.05) is 0 Å². The fourth-order valence-corrected chi connectivity index (χ4v) is 2.56. The van der Waals surface area contributed by atoms with Crippen LogP contribution in [0.4, 0.5) is 13.2 Å². The third kappa shape index (κ3) is 5.32. The van der Waals surface area contributed by atoms with Gasteiger partial charge in [-0.3, -0.25) is 4.79 Å². The lowest BCUT2D eigenvalue weighted by atomic mass is 10.1. The molecule has 1 aromatic rings. The van der Waals surface area contributed by atoms with Crippen LogP contribution in [0.25, 0.3) is 0 Å². The molecular weight excluding hydrogens is 358 g/mol. The van der Waals surface area contributed by atoms with Crippen molar-refractivity contribution in [2.75, 3.05) is 13.1 Å². The van der Waals surface area contributed by atoms with Crippen molar-refractivity contribution in [3.8, 4) is 0 Å². The van der Waals surface area contributed by atoms with Crippen molar-refractivity contribution in [3.63, 3.8) is 0 Å². The molecule has 0 bridgehead atoms. The van der Waals surface area contributed by atoms with Crippen molar-refractivity contribution in [1.29, 1.82) is 0 Å². The molecule has 0 heterocycles. The zero-order chi connectivity index (χ0) is 15.5. The van der Waals surface area contributed by atoms with Gasteiger partial charge in [0.1, 0.15) is 6.54 Å². The van der Waals surface area contributed by atoms with Crippen LogP contribution in [-0.2, 0) is 0 Å². The number of benzene rings is 1. The highest BCUT2D eigenvalue weighted by atomic mass is 79.9. The third-order valence-electron chi connectivity index (χ3n) is 2.40. The quantitative estimate of drug-likeness (QED) is 0.746. The molecule has 0 aliphatic heterocycles. The van der Waals surface area contributed by atoms with E-state index in [1.54, 1.807) is 13.8 Å². The number of nitrogens with zero attached hydrogens (tertiary/aromatic N) is 1. The van der Waals surface area contributed by atoms with E-state index in [9.17, 15) is 18.0 Å². The normalized spacial score (nSPS) is 11.8. The number of carbonyl (C=O) groups is 1. The van der Waals surface area contributed by atoms with Crippen molar-refractivity contribution in [2.24, 2.45) is 5.92 Å². The number of rotatable bonds is 4. The van der Waals surface area contributed by atoms with Gasteiger partial charge in [0, 0.05) is 16.0 Å². The number of hydrogen-bond donors (Lipinski definition) is 0. The van der Waals surface area contributed by atoms with Gasteiger partial charge < -0.3 is 4.90 Å². The second-order valence-corrected chi connectivity index (χ2v) is 6.11. The first-order valence-corrected chi connectivity index (χ1v) is 7.08. The first-order chi connectivity index (χ1) is 9.10. The van der Waals surface area contributed by atoms with Gasteiger partial charge in [0.05, 0.1) is 5.56 Å². The number of carbonyl (C=O) groups excluding carboxylic acids is 1. The van der Waals surface area contributed by atoms with Gasteiger partial charge in [-0.15, -0.1) is 0 Å². The summed E-state index contributed by atoms with van der Waals surface area (Å²) >= 11 is 8.91. The molecule has 0 fully saturated rings. The molecule has 0 aliphatic rings. The maximum absolute atomic E-state index is 12.6. The Kier molecular flexibility index (Phi) is 5.89. The van der Waals surface area contributed by atoms with Gasteiger partial charge in [-0.2, -0.15) is 13.2 Å². The Morgan fingerprint density at radius 1 is 1.40 bits per heavy atom. The van der Waals surface area contributed by atoms with Crippen molar-refractivity contribution in [1.82, 2.24) is 4.90 Å². The van der Waals surface area contributed by atoms with Crippen LogP contribution in [0.5, 0.6) is 0 Å². The number of amides is 1. The Labute approximate surface area is 129 Å². The standard InChI is InChI=1S/C13H14BrClF3NO/c1-8(2)6-19(7-13(16,17)18)12(20)10-4-3-9(15)5-11(10)14/h3-5,8H,6-7H2,1-2H3. The summed E-state index contributed by atoms with van der Waals surface area (Å²) in [5.74, 6) is -0.730. The van der Waals surface area contributed by atoms with E-state index >= 15 is 0 Å². The summed E-state index contributed by atoms with van der Waals surface area (Å²) in [7, 11) is 0. The molecule has 1 aromatic carbocycles. The molecule has 0 N–H and O–H groups in total. The topological polar surface area (TPSA) is 20.3 Å². The summed E-state index contributed by atoms with van der Waals surface area (Å²) in [6, 6.07) is 4.37. The Morgan fingerprint density at radius 2 is 2.00 bits per heavy atom. The second kappa shape index (κ2) is 6.80. The maximum atomic E-state index is 12.6. The van der Waals surface area contributed by atoms with E-state index in [4.69, 9.17) is 11.6 Å². The summed E-state index contributed by atoms with van der Waals surface area (Å²) in [4.78, 5) is 13.0. The molecule has 0 saturated heterocycles. The Balaban J connectivity index is 3.03. The first kappa shape index (κ1) is 17.3. The average Bonchev–Trinajstić information content (AvgIpc) is 2.24. The number of alkyl halides is 3. The summed E-state index contributed by atoms with van der Waals surface area (Å²) < 4.78 is 38.1. The fraction of sp³-hybridized carbons (Fsp3) is 0.462. The first-order valence-electron chi connectivity index (χ1n) is 5.91. The summed E-state index contributed by atoms with van der Waals surface area (Å²) in [5.41, 5.74) is 0.166. The zero-order valence-electron chi connectivity index (χ0n) is 11.0. The van der Waals surface area contributed by atoms with Gasteiger partial charge in [0.2, 0.25) is 0 Å². The molecule has 0 radical (unpaired) electrons. The summed E-state index contributed by atoms with van der Waals surface area (Å²) in [6.07, 6.45) is -4.43. The molecule has 0 aliphatic carbocycles. The Hall–Kier alpha value is -0.750. The molecular formula is C13H14BrClF3NO. The van der Waals surface area contributed by atoms with E-state index in [0.29, 0.717) is 9.50 Å². The zero-order valence-corrected chi connectivity index (χ0v) is 13.3. The van der Waals surface area contributed by atoms with Crippen LogP contribution >= 0.6 is 27.5 Å². The molecule has 20 heavy (non-hydrogen) atoms. The lowest BCUT2D eigenvalue weighted by Gasteiger charge is -2.26. The maximum Gasteiger partial charge on any atom is 0.406 e. The lowest BCUT2D eigenvalue weighted by Crippen LogP contribution is -2.41. The summed E-state index contributed by atoms with van der Waals surface area (Å²) in [6.45, 7) is 2.29. The highest BCUT2D eigenvalue weighted by molar-refractivity contribution is 9.10. The van der Waals surface area contributed by atoms with Gasteiger partial charge in [-0.05, 0) is 40.0 Å². The highest BCUT2D eigenvalue weighted by Crippen LogP contribution is 2.25. The minimum Gasteiger partial charge on any atom is -0.329 e. The molecule has 0 unspecified atom stereocenters. The molecule has 2 nitrogen and oxygen atoms in total. The molecule has 0 saturated carbocycles. The molecule has 0 atom stereocenters. The highest BCUT2D eigenvalue weighted by Gasteiger charge is 2.34. The molecule has 1 amide bonds. The van der Waals surface area contributed by atoms with Gasteiger partial charge in [0.15, 0.2) is 0 Å². The minimum absolute atomic E-state index is 0.0351. The van der Waals surface area contributed by atoms with E-state index in [1.165, 1.54) is 18.2 Å². The predicted octanol–water partition coefficient (Wildman–Crippen LogP) is 4.76. The van der Waals surface area contributed by atoms with E-state index in [2.05, 4.69) is 15.9 Å². The van der Waals surface area contributed by atoms with Crippen LogP contribution in [0.1, 0.15) is 24.2 Å². The van der Waals surface area contributed by atoms with Gasteiger partial charge in [0.25, 0.3) is 5.91 Å². The van der Waals surface area contributed by atoms with E-state index in [-0.39, 0.29) is 18.0 Å². The van der Waals surface area contributed by atoms with E-state index in [0.717, 1.165) is 4.90 Å². The molecule has 7 heteroatoms. The molecule has 0 spiro atoms. The van der Waals surface area contributed by atoms with Crippen molar-refractivity contribution in [3.05, 3.63) is 33.3 Å². The monoisotopic (exact) mass is 371 g/mol. The SMILES string of the molecule is CC(C)CN(CC(F)(F)F)C(=O)c1ccc(Cl)cc1Br. The number of halogens is 5. The van der Waals surface area contributed by atoms with Crippen molar-refractivity contribution >= 4 is 33.4 Å². The van der Waals surface area contributed by atoms with E-state index < -0.39 is 18.6 Å². The van der Waals surface area contributed by atoms with Gasteiger partial charge >= 0.3 is 6.18 Å². The lowest BCUT2D eigenvalue weighted by molar-refractivity contribution is -0.141. The molecule has 0 aromatic heterocycles. The van der Waals surface area contributed by atoms with Gasteiger partial charge in [-0.25, -0.2) is 0 Å². The van der Waals surface area contributed by atoms with Crippen LogP contribution in [0.15, 0.2) is 22.7 Å². The number of hydrogen-bond acceptors (Lipinski definition) is 1. The second-order valence-electron chi connectivity index (χ2n) is 4.82. The van der Waals surface area contributed by atoms with Crippen molar-refractivity contribution < 1.29 is 18.0 Å². The Bertz CT molecular complexity index is 491. The van der Waals surface area contributed by atoms with Gasteiger partial charge in [-0.1, -0.05) is 25.4 Å². The third-order valence-corrected chi connectivity index (χ3v) is 3.30. The largest absolute Gasteiger partial charge is 0.406 e. The fourth-order valence-electron chi connectivity index (χ4n) is 1.71.